The van der Waals surface area contributed by atoms with Crippen molar-refractivity contribution in [3.63, 3.8) is 0 Å². The number of fused-ring (bicyclic) bond motifs is 1. The molecule has 1 fully saturated rings. The molecule has 2 heterocycles. The van der Waals surface area contributed by atoms with E-state index in [1.54, 1.807) is 15.6 Å². The van der Waals surface area contributed by atoms with Gasteiger partial charge in [-0.3, -0.25) is 4.90 Å². The average molecular weight is 338 g/mol. The highest BCUT2D eigenvalue weighted by molar-refractivity contribution is 7.88. The largest absolute Gasteiger partial charge is 0.299 e. The van der Waals surface area contributed by atoms with Crippen molar-refractivity contribution in [3.8, 4) is 0 Å². The molecule has 0 N–H and O–H groups in total. The maximum Gasteiger partial charge on any atom is 0.211 e. The van der Waals surface area contributed by atoms with Gasteiger partial charge in [0.1, 0.15) is 0 Å². The Hall–Kier alpha value is -0.950. The van der Waals surface area contributed by atoms with Crippen molar-refractivity contribution < 1.29 is 8.42 Å². The Balaban J connectivity index is 1.65. The minimum atomic E-state index is -3.04. The molecule has 0 radical (unpaired) electrons. The predicted molar refractivity (Wildman–Crippen MR) is 92.7 cm³/mol. The molecule has 0 amide bonds. The number of thiophene rings is 1. The van der Waals surface area contributed by atoms with E-state index in [9.17, 15) is 8.42 Å². The third-order valence-corrected chi connectivity index (χ3v) is 6.81. The number of rotatable bonds is 4. The lowest BCUT2D eigenvalue weighted by atomic mass is 10.0. The Morgan fingerprint density at radius 1 is 1.27 bits per heavy atom. The van der Waals surface area contributed by atoms with Crippen LogP contribution in [0.25, 0.3) is 10.1 Å². The Kier molecular flexibility index (Phi) is 4.54. The first-order chi connectivity index (χ1) is 10.4. The summed E-state index contributed by atoms with van der Waals surface area (Å²) >= 11 is 1.79. The first-order valence-corrected chi connectivity index (χ1v) is 10.3. The molecule has 1 aromatic heterocycles. The first-order valence-electron chi connectivity index (χ1n) is 7.55. The molecule has 0 unspecified atom stereocenters. The minimum Gasteiger partial charge on any atom is -0.299 e. The molecule has 1 aromatic carbocycles. The van der Waals surface area contributed by atoms with E-state index >= 15 is 0 Å². The standard InChI is InChI=1S/C16H22N2O2S2/c1-17(14-7-9-18(10-8-14)22(2,19)20)11-13-12-21-16-6-4-3-5-15(13)16/h3-6,12,14H,7-11H2,1-2H3. The van der Waals surface area contributed by atoms with Crippen LogP contribution in [0.1, 0.15) is 18.4 Å². The topological polar surface area (TPSA) is 40.6 Å². The van der Waals surface area contributed by atoms with Crippen LogP contribution in [0.3, 0.4) is 0 Å². The van der Waals surface area contributed by atoms with Crippen molar-refractivity contribution in [2.45, 2.75) is 25.4 Å². The van der Waals surface area contributed by atoms with E-state index < -0.39 is 10.0 Å². The van der Waals surface area contributed by atoms with Gasteiger partial charge in [-0.2, -0.15) is 0 Å². The van der Waals surface area contributed by atoms with Gasteiger partial charge in [-0.15, -0.1) is 11.3 Å². The number of benzene rings is 1. The van der Waals surface area contributed by atoms with E-state index in [-0.39, 0.29) is 0 Å². The van der Waals surface area contributed by atoms with Gasteiger partial charge in [-0.25, -0.2) is 12.7 Å². The van der Waals surface area contributed by atoms with Gasteiger partial charge in [-0.05, 0) is 42.3 Å². The Morgan fingerprint density at radius 3 is 2.64 bits per heavy atom. The maximum atomic E-state index is 11.6. The van der Waals surface area contributed by atoms with Crippen LogP contribution in [0.4, 0.5) is 0 Å². The summed E-state index contributed by atoms with van der Waals surface area (Å²) in [6.07, 6.45) is 3.12. The summed E-state index contributed by atoms with van der Waals surface area (Å²) in [5.41, 5.74) is 1.37. The second-order valence-electron chi connectivity index (χ2n) is 6.07. The van der Waals surface area contributed by atoms with Gasteiger partial charge < -0.3 is 0 Å². The molecule has 6 heteroatoms. The molecule has 3 rings (SSSR count). The number of hydrogen-bond acceptors (Lipinski definition) is 4. The summed E-state index contributed by atoms with van der Waals surface area (Å²) in [6.45, 7) is 2.20. The molecule has 0 aliphatic carbocycles. The Bertz CT molecular complexity index is 746. The molecule has 1 aliphatic heterocycles. The number of nitrogens with zero attached hydrogens (tertiary/aromatic N) is 2. The van der Waals surface area contributed by atoms with Crippen LogP contribution in [0.5, 0.6) is 0 Å². The number of hydrogen-bond donors (Lipinski definition) is 0. The second-order valence-corrected chi connectivity index (χ2v) is 8.96. The molecule has 1 aliphatic rings. The zero-order chi connectivity index (χ0) is 15.7. The van der Waals surface area contributed by atoms with Gasteiger partial charge in [0.15, 0.2) is 0 Å². The molecule has 0 saturated carbocycles. The highest BCUT2D eigenvalue weighted by atomic mass is 32.2. The minimum absolute atomic E-state index is 0.455. The summed E-state index contributed by atoms with van der Waals surface area (Å²) in [7, 11) is -0.891. The lowest BCUT2D eigenvalue weighted by Crippen LogP contribution is -2.44. The third-order valence-electron chi connectivity index (χ3n) is 4.50. The molecule has 0 atom stereocenters. The van der Waals surface area contributed by atoms with Crippen molar-refractivity contribution in [2.24, 2.45) is 0 Å². The highest BCUT2D eigenvalue weighted by Crippen LogP contribution is 2.28. The van der Waals surface area contributed by atoms with Crippen LogP contribution < -0.4 is 0 Å². The zero-order valence-corrected chi connectivity index (χ0v) is 14.7. The van der Waals surface area contributed by atoms with Crippen molar-refractivity contribution in [2.75, 3.05) is 26.4 Å². The monoisotopic (exact) mass is 338 g/mol. The van der Waals surface area contributed by atoms with Gasteiger partial charge in [-0.1, -0.05) is 18.2 Å². The summed E-state index contributed by atoms with van der Waals surface area (Å²) < 4.78 is 26.1. The van der Waals surface area contributed by atoms with Crippen LogP contribution in [0.15, 0.2) is 29.6 Å². The normalized spacial score (nSPS) is 18.3. The Labute approximate surface area is 136 Å². The van der Waals surface area contributed by atoms with Crippen LogP contribution in [0, 0.1) is 0 Å². The van der Waals surface area contributed by atoms with Crippen LogP contribution in [0.2, 0.25) is 0 Å². The van der Waals surface area contributed by atoms with E-state index in [1.165, 1.54) is 21.9 Å². The highest BCUT2D eigenvalue weighted by Gasteiger charge is 2.27. The fourth-order valence-electron chi connectivity index (χ4n) is 3.17. The van der Waals surface area contributed by atoms with E-state index in [0.717, 1.165) is 19.4 Å². The second kappa shape index (κ2) is 6.28. The van der Waals surface area contributed by atoms with Gasteiger partial charge in [0.2, 0.25) is 10.0 Å². The van der Waals surface area contributed by atoms with Crippen molar-refractivity contribution in [1.82, 2.24) is 9.21 Å². The molecule has 120 valence electrons. The number of sulfonamides is 1. The van der Waals surface area contributed by atoms with Crippen molar-refractivity contribution in [1.29, 1.82) is 0 Å². The maximum absolute atomic E-state index is 11.6. The molecule has 4 nitrogen and oxygen atoms in total. The first kappa shape index (κ1) is 15.9. The molecular weight excluding hydrogens is 316 g/mol. The molecule has 2 aromatic rings. The molecule has 22 heavy (non-hydrogen) atoms. The number of piperidine rings is 1. The third kappa shape index (κ3) is 3.35. The molecule has 0 bridgehead atoms. The van der Waals surface area contributed by atoms with Crippen molar-refractivity contribution >= 4 is 31.4 Å². The van der Waals surface area contributed by atoms with E-state index in [4.69, 9.17) is 0 Å². The van der Waals surface area contributed by atoms with E-state index in [1.807, 2.05) is 0 Å². The van der Waals surface area contributed by atoms with Crippen LogP contribution >= 0.6 is 11.3 Å². The SMILES string of the molecule is CN(Cc1csc2ccccc12)C1CCN(S(C)(=O)=O)CC1. The lowest BCUT2D eigenvalue weighted by Gasteiger charge is -2.35. The van der Waals surface area contributed by atoms with Gasteiger partial charge in [0.05, 0.1) is 6.26 Å². The van der Waals surface area contributed by atoms with Gasteiger partial charge in [0, 0.05) is 30.4 Å². The van der Waals surface area contributed by atoms with Gasteiger partial charge in [0.25, 0.3) is 0 Å². The molecule has 0 spiro atoms. The van der Waals surface area contributed by atoms with Gasteiger partial charge >= 0.3 is 0 Å². The molecule has 1 saturated heterocycles. The van der Waals surface area contributed by atoms with E-state index in [2.05, 4.69) is 41.6 Å². The summed E-state index contributed by atoms with van der Waals surface area (Å²) in [5, 5.41) is 3.58. The molecular formula is C16H22N2O2S2. The summed E-state index contributed by atoms with van der Waals surface area (Å²) in [5.74, 6) is 0. The average Bonchev–Trinajstić information content (AvgIpc) is 2.90. The van der Waals surface area contributed by atoms with Crippen LogP contribution in [-0.2, 0) is 16.6 Å². The fourth-order valence-corrected chi connectivity index (χ4v) is 5.00. The summed E-state index contributed by atoms with van der Waals surface area (Å²) in [4.78, 5) is 2.37. The zero-order valence-electron chi connectivity index (χ0n) is 13.0. The lowest BCUT2D eigenvalue weighted by molar-refractivity contribution is 0.163. The predicted octanol–water partition coefficient (Wildman–Crippen LogP) is 2.76. The summed E-state index contributed by atoms with van der Waals surface area (Å²) in [6, 6.07) is 8.96. The fraction of sp³-hybridized carbons (Fsp3) is 0.500. The smallest absolute Gasteiger partial charge is 0.211 e. The quantitative estimate of drug-likeness (QED) is 0.861. The Morgan fingerprint density at radius 2 is 1.95 bits per heavy atom. The van der Waals surface area contributed by atoms with Crippen molar-refractivity contribution in [3.05, 3.63) is 35.2 Å². The van der Waals surface area contributed by atoms with Crippen LogP contribution in [-0.4, -0.2) is 50.1 Å². The van der Waals surface area contributed by atoms with E-state index in [0.29, 0.717) is 19.1 Å².